The molecule has 0 spiro atoms. The van der Waals surface area contributed by atoms with Crippen LogP contribution in [0.3, 0.4) is 0 Å². The molecule has 2 rings (SSSR count). The number of rotatable bonds is 8. The van der Waals surface area contributed by atoms with Crippen LogP contribution in [0.4, 0.5) is 0 Å². The van der Waals surface area contributed by atoms with Crippen molar-refractivity contribution < 1.29 is 28.7 Å². The maximum Gasteiger partial charge on any atom is 0.331 e. The van der Waals surface area contributed by atoms with Gasteiger partial charge in [0.05, 0.1) is 38.1 Å². The largest absolute Gasteiger partial charge is 0.493 e. The van der Waals surface area contributed by atoms with Gasteiger partial charge in [-0.15, -0.1) is 0 Å². The van der Waals surface area contributed by atoms with Crippen molar-refractivity contribution in [3.8, 4) is 11.5 Å². The van der Waals surface area contributed by atoms with Gasteiger partial charge < -0.3 is 28.7 Å². The van der Waals surface area contributed by atoms with Crippen LogP contribution in [-0.2, 0) is 14.1 Å². The van der Waals surface area contributed by atoms with E-state index in [0.717, 1.165) is 5.46 Å². The molecule has 1 aliphatic rings. The summed E-state index contributed by atoms with van der Waals surface area (Å²) < 4.78 is 27.9. The Kier molecular flexibility index (Phi) is 6.74. The fraction of sp³-hybridized carbons (Fsp3) is 0.667. The van der Waals surface area contributed by atoms with E-state index in [1.54, 1.807) is 28.4 Å². The van der Waals surface area contributed by atoms with Crippen LogP contribution in [0.5, 0.6) is 11.5 Å². The van der Waals surface area contributed by atoms with Gasteiger partial charge in [0.1, 0.15) is 12.7 Å². The molecule has 1 heterocycles. The van der Waals surface area contributed by atoms with Crippen LogP contribution < -0.4 is 14.9 Å². The van der Waals surface area contributed by atoms with E-state index in [1.807, 2.05) is 32.0 Å². The van der Waals surface area contributed by atoms with Gasteiger partial charge >= 0.3 is 7.48 Å². The van der Waals surface area contributed by atoms with Gasteiger partial charge in [-0.3, -0.25) is 0 Å². The van der Waals surface area contributed by atoms with Gasteiger partial charge in [-0.2, -0.15) is 0 Å². The highest BCUT2D eigenvalue weighted by Crippen LogP contribution is 2.27. The third-order valence-electron chi connectivity index (χ3n) is 4.46. The summed E-state index contributed by atoms with van der Waals surface area (Å²) in [4.78, 5) is 0. The Balaban J connectivity index is 1.96. The highest BCUT2D eigenvalue weighted by molar-refractivity contribution is 6.47. The van der Waals surface area contributed by atoms with Gasteiger partial charge in [0.15, 0.2) is 11.5 Å². The lowest BCUT2D eigenvalue weighted by Gasteiger charge is -2.37. The SMILES string of the molecule is COc1cc([B]OC(C)(C)C(C)(C)O)ccc1OC[C@H]1COCCO1. The molecule has 25 heavy (non-hydrogen) atoms. The third-order valence-corrected chi connectivity index (χ3v) is 4.46. The van der Waals surface area contributed by atoms with Crippen molar-refractivity contribution >= 4 is 12.9 Å². The number of ether oxygens (including phenoxy) is 4. The van der Waals surface area contributed by atoms with Crippen molar-refractivity contribution in [1.82, 2.24) is 0 Å². The quantitative estimate of drug-likeness (QED) is 0.713. The zero-order valence-electron chi connectivity index (χ0n) is 15.7. The molecule has 0 aliphatic carbocycles. The van der Waals surface area contributed by atoms with E-state index in [0.29, 0.717) is 37.9 Å². The van der Waals surface area contributed by atoms with Gasteiger partial charge in [-0.05, 0) is 45.3 Å². The standard InChI is InChI=1S/C18H28BO6/c1-17(2,20)18(3,4)25-19-13-6-7-15(16(10-13)21-5)24-12-14-11-22-8-9-23-14/h6-7,10,14,20H,8-9,11-12H2,1-5H3/t14-/m1/s1. The second kappa shape index (κ2) is 8.40. The molecule has 0 amide bonds. The molecule has 1 fully saturated rings. The fourth-order valence-corrected chi connectivity index (χ4v) is 2.05. The van der Waals surface area contributed by atoms with Crippen molar-refractivity contribution in [2.75, 3.05) is 33.5 Å². The van der Waals surface area contributed by atoms with Crippen LogP contribution >= 0.6 is 0 Å². The summed E-state index contributed by atoms with van der Waals surface area (Å²) in [6.45, 7) is 9.27. The van der Waals surface area contributed by atoms with Crippen molar-refractivity contribution in [2.45, 2.75) is 45.0 Å². The highest BCUT2D eigenvalue weighted by Gasteiger charge is 2.35. The first-order valence-corrected chi connectivity index (χ1v) is 8.46. The maximum atomic E-state index is 10.2. The number of aliphatic hydroxyl groups is 1. The molecule has 139 valence electrons. The summed E-state index contributed by atoms with van der Waals surface area (Å²) in [6.07, 6.45) is -0.0689. The molecule has 1 radical (unpaired) electrons. The third kappa shape index (κ3) is 5.61. The summed E-state index contributed by atoms with van der Waals surface area (Å²) in [7, 11) is 3.20. The van der Waals surface area contributed by atoms with Crippen LogP contribution in [0.2, 0.25) is 0 Å². The molecule has 0 bridgehead atoms. The van der Waals surface area contributed by atoms with E-state index in [-0.39, 0.29) is 6.10 Å². The van der Waals surface area contributed by atoms with E-state index in [1.165, 1.54) is 0 Å². The molecule has 7 heteroatoms. The minimum Gasteiger partial charge on any atom is -0.493 e. The Labute approximate surface area is 150 Å². The average Bonchev–Trinajstić information content (AvgIpc) is 2.58. The predicted octanol–water partition coefficient (Wildman–Crippen LogP) is 1.30. The van der Waals surface area contributed by atoms with Crippen molar-refractivity contribution in [1.29, 1.82) is 0 Å². The summed E-state index contributed by atoms with van der Waals surface area (Å²) in [5.41, 5.74) is -0.884. The molecule has 1 aromatic rings. The van der Waals surface area contributed by atoms with Crippen molar-refractivity contribution in [2.24, 2.45) is 0 Å². The second-order valence-electron chi connectivity index (χ2n) is 7.09. The molecule has 6 nitrogen and oxygen atoms in total. The number of hydrogen-bond donors (Lipinski definition) is 1. The van der Waals surface area contributed by atoms with Crippen molar-refractivity contribution in [3.05, 3.63) is 18.2 Å². The van der Waals surface area contributed by atoms with Crippen LogP contribution in [0, 0.1) is 0 Å². The van der Waals surface area contributed by atoms with E-state index in [9.17, 15) is 5.11 Å². The van der Waals surface area contributed by atoms with E-state index in [2.05, 4.69) is 0 Å². The molecule has 0 unspecified atom stereocenters. The summed E-state index contributed by atoms with van der Waals surface area (Å²) in [6, 6.07) is 5.53. The molecule has 1 aromatic carbocycles. The highest BCUT2D eigenvalue weighted by atomic mass is 16.6. The summed E-state index contributed by atoms with van der Waals surface area (Å²) in [5.74, 6) is 1.24. The topological polar surface area (TPSA) is 66.4 Å². The van der Waals surface area contributed by atoms with Gasteiger partial charge in [0, 0.05) is 0 Å². The normalized spacial score (nSPS) is 18.7. The number of methoxy groups -OCH3 is 1. The molecule has 1 atom stereocenters. The molecule has 0 saturated carbocycles. The van der Waals surface area contributed by atoms with Crippen LogP contribution in [0.15, 0.2) is 18.2 Å². The molecule has 1 N–H and O–H groups in total. The summed E-state index contributed by atoms with van der Waals surface area (Å²) in [5, 5.41) is 10.2. The Morgan fingerprint density at radius 3 is 2.56 bits per heavy atom. The van der Waals surface area contributed by atoms with Crippen LogP contribution in [0.25, 0.3) is 0 Å². The lowest BCUT2D eigenvalue weighted by Crippen LogP contribution is -2.49. The first-order chi connectivity index (χ1) is 11.7. The zero-order valence-corrected chi connectivity index (χ0v) is 15.7. The van der Waals surface area contributed by atoms with E-state index >= 15 is 0 Å². The fourth-order valence-electron chi connectivity index (χ4n) is 2.05. The minimum absolute atomic E-state index is 0.0689. The monoisotopic (exact) mass is 351 g/mol. The van der Waals surface area contributed by atoms with Crippen LogP contribution in [-0.4, -0.2) is 63.4 Å². The maximum absolute atomic E-state index is 10.2. The minimum atomic E-state index is -0.974. The second-order valence-corrected chi connectivity index (χ2v) is 7.09. The van der Waals surface area contributed by atoms with Gasteiger partial charge in [-0.25, -0.2) is 0 Å². The van der Waals surface area contributed by atoms with Gasteiger partial charge in [-0.1, -0.05) is 6.07 Å². The Hall–Kier alpha value is -1.28. The number of benzene rings is 1. The Morgan fingerprint density at radius 2 is 1.96 bits per heavy atom. The van der Waals surface area contributed by atoms with Crippen LogP contribution in [0.1, 0.15) is 27.7 Å². The van der Waals surface area contributed by atoms with Gasteiger partial charge in [0.25, 0.3) is 0 Å². The van der Waals surface area contributed by atoms with Crippen molar-refractivity contribution in [3.63, 3.8) is 0 Å². The molecule has 1 aliphatic heterocycles. The lowest BCUT2D eigenvalue weighted by molar-refractivity contribution is -0.101. The lowest BCUT2D eigenvalue weighted by atomic mass is 9.82. The first-order valence-electron chi connectivity index (χ1n) is 8.46. The van der Waals surface area contributed by atoms with E-state index in [4.69, 9.17) is 23.6 Å². The Bertz CT molecular complexity index is 549. The molecular weight excluding hydrogens is 323 g/mol. The molecule has 0 aromatic heterocycles. The summed E-state index contributed by atoms with van der Waals surface area (Å²) >= 11 is 0. The zero-order chi connectivity index (χ0) is 18.5. The smallest absolute Gasteiger partial charge is 0.331 e. The number of hydrogen-bond acceptors (Lipinski definition) is 6. The van der Waals surface area contributed by atoms with E-state index < -0.39 is 11.2 Å². The Morgan fingerprint density at radius 1 is 1.20 bits per heavy atom. The first kappa shape index (κ1) is 20.0. The van der Waals surface area contributed by atoms with Gasteiger partial charge in [0.2, 0.25) is 0 Å². The molecular formula is C18H28BO6. The predicted molar refractivity (Wildman–Crippen MR) is 95.9 cm³/mol. The molecule has 1 saturated heterocycles. The average molecular weight is 351 g/mol.